The van der Waals surface area contributed by atoms with E-state index in [1.807, 2.05) is 52.0 Å². The molecule has 0 radical (unpaired) electrons. The fourth-order valence-electron chi connectivity index (χ4n) is 5.18. The molecule has 2 aliphatic carbocycles. The Morgan fingerprint density at radius 3 is 1.48 bits per heavy atom. The maximum atomic E-state index is 13.4. The first kappa shape index (κ1) is 21.4. The Kier molecular flexibility index (Phi) is 5.28. The first-order valence-corrected chi connectivity index (χ1v) is 10.9. The van der Waals surface area contributed by atoms with E-state index in [0.29, 0.717) is 11.5 Å². The topological polar surface area (TPSA) is 52.6 Å². The maximum absolute atomic E-state index is 13.4. The Morgan fingerprint density at radius 1 is 0.710 bits per heavy atom. The number of ether oxygens (including phenoxy) is 2. The molecule has 4 heteroatoms. The lowest BCUT2D eigenvalue weighted by atomic mass is 9.79. The highest BCUT2D eigenvalue weighted by atomic mass is 16.5. The van der Waals surface area contributed by atoms with Crippen LogP contribution < -0.4 is 9.47 Å². The van der Waals surface area contributed by atoms with E-state index in [-0.39, 0.29) is 29.2 Å². The van der Waals surface area contributed by atoms with Crippen molar-refractivity contribution in [1.29, 1.82) is 0 Å². The molecule has 0 spiro atoms. The predicted octanol–water partition coefficient (Wildman–Crippen LogP) is 5.51. The van der Waals surface area contributed by atoms with Crippen LogP contribution in [0, 0.1) is 56.8 Å². The Bertz CT molecular complexity index is 995. The minimum atomic E-state index is -0.567. The number of esters is 2. The molecule has 4 nitrogen and oxygen atoms in total. The van der Waals surface area contributed by atoms with Crippen molar-refractivity contribution in [3.63, 3.8) is 0 Å². The molecule has 0 N–H and O–H groups in total. The summed E-state index contributed by atoms with van der Waals surface area (Å²) in [6.07, 6.45) is 4.14. The van der Waals surface area contributed by atoms with Crippen LogP contribution in [0.2, 0.25) is 0 Å². The van der Waals surface area contributed by atoms with Crippen molar-refractivity contribution in [3.05, 3.63) is 70.8 Å². The van der Waals surface area contributed by atoms with E-state index in [0.717, 1.165) is 22.3 Å². The van der Waals surface area contributed by atoms with Crippen molar-refractivity contribution in [1.82, 2.24) is 0 Å². The molecule has 4 unspecified atom stereocenters. The van der Waals surface area contributed by atoms with Gasteiger partial charge < -0.3 is 9.47 Å². The van der Waals surface area contributed by atoms with Gasteiger partial charge in [-0.2, -0.15) is 0 Å². The van der Waals surface area contributed by atoms with Crippen molar-refractivity contribution in [3.8, 4) is 11.5 Å². The lowest BCUT2D eigenvalue weighted by Crippen LogP contribution is -2.37. The number of carbonyl (C=O) groups is 2. The molecule has 2 aliphatic rings. The van der Waals surface area contributed by atoms with Crippen LogP contribution in [-0.2, 0) is 9.59 Å². The van der Waals surface area contributed by atoms with E-state index in [4.69, 9.17) is 9.47 Å². The number of aryl methyl sites for hydroxylation is 2. The average Bonchev–Trinajstić information content (AvgIpc) is 3.14. The average molecular weight is 419 g/mol. The molecular formula is C27H30O4. The van der Waals surface area contributed by atoms with E-state index in [9.17, 15) is 9.59 Å². The van der Waals surface area contributed by atoms with E-state index >= 15 is 0 Å². The summed E-state index contributed by atoms with van der Waals surface area (Å²) in [6, 6.07) is 11.3. The second-order valence-electron chi connectivity index (χ2n) is 9.55. The quantitative estimate of drug-likeness (QED) is 0.373. The van der Waals surface area contributed by atoms with Crippen molar-refractivity contribution in [2.24, 2.45) is 29.1 Å². The molecule has 2 bridgehead atoms. The van der Waals surface area contributed by atoms with Gasteiger partial charge in [0, 0.05) is 0 Å². The number of hydrogen-bond donors (Lipinski definition) is 0. The van der Waals surface area contributed by atoms with E-state index in [1.54, 1.807) is 12.1 Å². The summed E-state index contributed by atoms with van der Waals surface area (Å²) in [5.74, 6) is -0.877. The van der Waals surface area contributed by atoms with Gasteiger partial charge in [0.15, 0.2) is 0 Å². The van der Waals surface area contributed by atoms with E-state index in [2.05, 4.69) is 26.0 Å². The number of carbonyl (C=O) groups excluding carboxylic acids is 2. The second-order valence-corrected chi connectivity index (χ2v) is 9.55. The fourth-order valence-corrected chi connectivity index (χ4v) is 5.18. The van der Waals surface area contributed by atoms with Crippen LogP contribution in [-0.4, -0.2) is 11.9 Å². The van der Waals surface area contributed by atoms with Gasteiger partial charge in [0.25, 0.3) is 0 Å². The third-order valence-corrected chi connectivity index (χ3v) is 7.48. The summed E-state index contributed by atoms with van der Waals surface area (Å²) < 4.78 is 11.7. The van der Waals surface area contributed by atoms with Crippen LogP contribution in [0.15, 0.2) is 48.6 Å². The molecule has 0 aromatic heterocycles. The number of fused-ring (bicyclic) bond motifs is 2. The normalized spacial score (nSPS) is 25.5. The summed E-state index contributed by atoms with van der Waals surface area (Å²) in [5, 5.41) is 0. The highest BCUT2D eigenvalue weighted by molar-refractivity contribution is 5.87. The molecule has 1 fully saturated rings. The lowest BCUT2D eigenvalue weighted by Gasteiger charge is -2.25. The maximum Gasteiger partial charge on any atom is 0.315 e. The molecule has 1 saturated carbocycles. The van der Waals surface area contributed by atoms with Crippen LogP contribution in [0.5, 0.6) is 11.5 Å². The first-order valence-electron chi connectivity index (χ1n) is 10.9. The Labute approximate surface area is 184 Å². The SMILES string of the molecule is Cc1cccc(OC(=O)C2C(C(=O)Oc3cccc(C)c3C)C3C=CC2C3(C)C)c1C. The molecule has 162 valence electrons. The Morgan fingerprint density at radius 2 is 1.10 bits per heavy atom. The number of allylic oxidation sites excluding steroid dienone is 2. The van der Waals surface area contributed by atoms with Gasteiger partial charge in [-0.1, -0.05) is 50.3 Å². The summed E-state index contributed by atoms with van der Waals surface area (Å²) in [7, 11) is 0. The van der Waals surface area contributed by atoms with E-state index in [1.165, 1.54) is 0 Å². The summed E-state index contributed by atoms with van der Waals surface area (Å²) in [6.45, 7) is 12.1. The smallest absolute Gasteiger partial charge is 0.315 e. The monoisotopic (exact) mass is 418 g/mol. The zero-order chi connectivity index (χ0) is 22.5. The van der Waals surface area contributed by atoms with Crippen molar-refractivity contribution in [2.45, 2.75) is 41.5 Å². The number of rotatable bonds is 4. The highest BCUT2D eigenvalue weighted by Gasteiger charge is 2.62. The lowest BCUT2D eigenvalue weighted by molar-refractivity contribution is -0.151. The minimum absolute atomic E-state index is 0.0636. The van der Waals surface area contributed by atoms with Crippen LogP contribution in [0.1, 0.15) is 36.1 Å². The van der Waals surface area contributed by atoms with Crippen LogP contribution in [0.25, 0.3) is 0 Å². The van der Waals surface area contributed by atoms with Gasteiger partial charge in [-0.15, -0.1) is 0 Å². The summed E-state index contributed by atoms with van der Waals surface area (Å²) >= 11 is 0. The molecule has 2 aromatic rings. The number of hydrogen-bond acceptors (Lipinski definition) is 4. The largest absolute Gasteiger partial charge is 0.426 e. The molecule has 31 heavy (non-hydrogen) atoms. The standard InChI is InChI=1S/C27H30O4/c1-15-9-7-11-21(17(15)3)30-25(28)23-19-13-14-20(27(19,5)6)24(23)26(29)31-22-12-8-10-16(2)18(22)4/h7-14,19-20,23-24H,1-6H3. The second kappa shape index (κ2) is 7.67. The van der Waals surface area contributed by atoms with Crippen molar-refractivity contribution < 1.29 is 19.1 Å². The van der Waals surface area contributed by atoms with Crippen molar-refractivity contribution in [2.75, 3.05) is 0 Å². The predicted molar refractivity (Wildman–Crippen MR) is 120 cm³/mol. The minimum Gasteiger partial charge on any atom is -0.426 e. The van der Waals surface area contributed by atoms with Crippen molar-refractivity contribution >= 4 is 11.9 Å². The zero-order valence-electron chi connectivity index (χ0n) is 19.1. The van der Waals surface area contributed by atoms with Crippen LogP contribution in [0.4, 0.5) is 0 Å². The third-order valence-electron chi connectivity index (χ3n) is 7.48. The molecule has 0 amide bonds. The molecule has 0 saturated heterocycles. The first-order chi connectivity index (χ1) is 14.6. The van der Waals surface area contributed by atoms with Crippen LogP contribution >= 0.6 is 0 Å². The van der Waals surface area contributed by atoms with Gasteiger partial charge in [-0.3, -0.25) is 9.59 Å². The molecule has 4 atom stereocenters. The summed E-state index contributed by atoms with van der Waals surface area (Å²) in [4.78, 5) is 26.8. The molecule has 2 aromatic carbocycles. The molecular weight excluding hydrogens is 388 g/mol. The summed E-state index contributed by atoms with van der Waals surface area (Å²) in [5.41, 5.74) is 3.77. The van der Waals surface area contributed by atoms with E-state index < -0.39 is 11.8 Å². The Hall–Kier alpha value is -2.88. The Balaban J connectivity index is 1.64. The van der Waals surface area contributed by atoms with Gasteiger partial charge in [0.2, 0.25) is 0 Å². The molecule has 4 rings (SSSR count). The molecule has 0 heterocycles. The third kappa shape index (κ3) is 3.48. The zero-order valence-corrected chi connectivity index (χ0v) is 19.1. The highest BCUT2D eigenvalue weighted by Crippen LogP contribution is 2.60. The molecule has 0 aliphatic heterocycles. The van der Waals surface area contributed by atoms with Gasteiger partial charge in [-0.25, -0.2) is 0 Å². The van der Waals surface area contributed by atoms with Gasteiger partial charge in [0.05, 0.1) is 11.8 Å². The van der Waals surface area contributed by atoms with Crippen LogP contribution in [0.3, 0.4) is 0 Å². The van der Waals surface area contributed by atoms with Gasteiger partial charge in [0.1, 0.15) is 11.5 Å². The fraction of sp³-hybridized carbons (Fsp3) is 0.407. The number of benzene rings is 2. The van der Waals surface area contributed by atoms with Gasteiger partial charge >= 0.3 is 11.9 Å². The van der Waals surface area contributed by atoms with Gasteiger partial charge in [-0.05, 0) is 79.3 Å².